The first-order valence-corrected chi connectivity index (χ1v) is 9.69. The maximum absolute atomic E-state index is 14.3. The quantitative estimate of drug-likeness (QED) is 0.554. The Kier molecular flexibility index (Phi) is 6.77. The second-order valence-electron chi connectivity index (χ2n) is 7.31. The molecule has 0 amide bonds. The molecule has 1 aromatic heterocycles. The van der Waals surface area contributed by atoms with Crippen molar-refractivity contribution in [1.82, 2.24) is 10.3 Å². The van der Waals surface area contributed by atoms with Crippen LogP contribution in [-0.2, 0) is 13.2 Å². The first-order valence-electron chi connectivity index (χ1n) is 9.69. The number of halogens is 1. The van der Waals surface area contributed by atoms with Crippen LogP contribution in [0.25, 0.3) is 11.3 Å². The molecule has 0 saturated heterocycles. The monoisotopic (exact) mass is 378 g/mol. The molecule has 0 aliphatic carbocycles. The molecule has 1 atom stereocenters. The summed E-state index contributed by atoms with van der Waals surface area (Å²) in [5.74, 6) is 0.910. The Morgan fingerprint density at radius 3 is 2.39 bits per heavy atom. The summed E-state index contributed by atoms with van der Waals surface area (Å²) >= 11 is 0. The van der Waals surface area contributed by atoms with Crippen LogP contribution in [0.4, 0.5) is 4.39 Å². The van der Waals surface area contributed by atoms with E-state index in [9.17, 15) is 4.39 Å². The average Bonchev–Trinajstić information content (AvgIpc) is 2.72. The van der Waals surface area contributed by atoms with Crippen LogP contribution in [0, 0.1) is 11.7 Å². The van der Waals surface area contributed by atoms with Gasteiger partial charge in [-0.25, -0.2) is 9.37 Å². The highest BCUT2D eigenvalue weighted by Crippen LogP contribution is 2.29. The summed E-state index contributed by atoms with van der Waals surface area (Å²) in [5.41, 5.74) is 3.08. The number of pyridine rings is 1. The van der Waals surface area contributed by atoms with Crippen LogP contribution in [0.3, 0.4) is 0 Å². The molecule has 3 rings (SSSR count). The molecule has 0 fully saturated rings. The smallest absolute Gasteiger partial charge is 0.146 e. The highest BCUT2D eigenvalue weighted by molar-refractivity contribution is 5.67. The summed E-state index contributed by atoms with van der Waals surface area (Å²) in [4.78, 5) is 4.57. The Bertz CT molecular complexity index is 896. The lowest BCUT2D eigenvalue weighted by molar-refractivity contribution is 0.307. The third-order valence-electron chi connectivity index (χ3n) is 4.91. The van der Waals surface area contributed by atoms with Gasteiger partial charge in [0, 0.05) is 18.2 Å². The number of ether oxygens (including phenoxy) is 1. The number of nitrogens with one attached hydrogen (secondary N) is 1. The van der Waals surface area contributed by atoms with E-state index < -0.39 is 0 Å². The number of para-hydroxylation sites is 1. The fraction of sp³-hybridized carbons (Fsp3) is 0.292. The summed E-state index contributed by atoms with van der Waals surface area (Å²) < 4.78 is 20.3. The summed E-state index contributed by atoms with van der Waals surface area (Å²) in [6, 6.07) is 21.2. The Balaban J connectivity index is 1.80. The molecule has 0 bridgehead atoms. The molecule has 2 aromatic carbocycles. The zero-order chi connectivity index (χ0) is 19.9. The van der Waals surface area contributed by atoms with Gasteiger partial charge in [0.25, 0.3) is 0 Å². The van der Waals surface area contributed by atoms with E-state index in [1.807, 2.05) is 54.6 Å². The molecule has 0 aliphatic rings. The molecule has 4 heteroatoms. The van der Waals surface area contributed by atoms with Gasteiger partial charge < -0.3 is 10.1 Å². The van der Waals surface area contributed by atoms with Crippen LogP contribution >= 0.6 is 0 Å². The maximum atomic E-state index is 14.3. The number of benzene rings is 2. The predicted octanol–water partition coefficient (Wildman–Crippen LogP) is 5.60. The van der Waals surface area contributed by atoms with E-state index in [1.165, 1.54) is 6.07 Å². The molecule has 0 aliphatic heterocycles. The highest BCUT2D eigenvalue weighted by atomic mass is 19.1. The van der Waals surface area contributed by atoms with Gasteiger partial charge in [0.2, 0.25) is 0 Å². The van der Waals surface area contributed by atoms with E-state index in [4.69, 9.17) is 4.74 Å². The Morgan fingerprint density at radius 2 is 1.64 bits per heavy atom. The summed E-state index contributed by atoms with van der Waals surface area (Å²) in [7, 11) is 0. The standard InChI is InChI=1S/C24H27FN2O/c1-17(2)18(3)26-15-23-21(25)13-14-22(27-23)20-11-7-8-12-24(20)28-16-19-9-5-4-6-10-19/h4-14,17-18,26H,15-16H2,1-3H3/t18-/m1/s1. The third kappa shape index (κ3) is 5.17. The van der Waals surface area contributed by atoms with Gasteiger partial charge in [0.15, 0.2) is 0 Å². The van der Waals surface area contributed by atoms with Gasteiger partial charge in [-0.1, -0.05) is 56.3 Å². The summed E-state index contributed by atoms with van der Waals surface area (Å²) in [5, 5.41) is 3.35. The van der Waals surface area contributed by atoms with E-state index in [0.29, 0.717) is 30.5 Å². The molecule has 3 aromatic rings. The number of rotatable bonds is 8. The van der Waals surface area contributed by atoms with Gasteiger partial charge in [-0.15, -0.1) is 0 Å². The lowest BCUT2D eigenvalue weighted by Crippen LogP contribution is -2.30. The summed E-state index contributed by atoms with van der Waals surface area (Å²) in [6.45, 7) is 7.24. The molecule has 1 heterocycles. The van der Waals surface area contributed by atoms with Gasteiger partial charge in [-0.2, -0.15) is 0 Å². The van der Waals surface area contributed by atoms with Crippen molar-refractivity contribution in [3.8, 4) is 17.0 Å². The Morgan fingerprint density at radius 1 is 0.929 bits per heavy atom. The third-order valence-corrected chi connectivity index (χ3v) is 4.91. The molecule has 146 valence electrons. The Hall–Kier alpha value is -2.72. The fourth-order valence-corrected chi connectivity index (χ4v) is 2.79. The highest BCUT2D eigenvalue weighted by Gasteiger charge is 2.13. The average molecular weight is 378 g/mol. The van der Waals surface area contributed by atoms with Crippen LogP contribution in [-0.4, -0.2) is 11.0 Å². The largest absolute Gasteiger partial charge is 0.488 e. The molecular weight excluding hydrogens is 351 g/mol. The van der Waals surface area contributed by atoms with Crippen molar-refractivity contribution < 1.29 is 9.13 Å². The van der Waals surface area contributed by atoms with Gasteiger partial charge in [-0.3, -0.25) is 0 Å². The van der Waals surface area contributed by atoms with E-state index in [0.717, 1.165) is 16.9 Å². The van der Waals surface area contributed by atoms with Crippen molar-refractivity contribution >= 4 is 0 Å². The molecule has 0 radical (unpaired) electrons. The van der Waals surface area contributed by atoms with Gasteiger partial charge in [-0.05, 0) is 42.7 Å². The van der Waals surface area contributed by atoms with Gasteiger partial charge in [0.05, 0.1) is 11.4 Å². The van der Waals surface area contributed by atoms with Crippen molar-refractivity contribution in [2.45, 2.75) is 40.0 Å². The first-order chi connectivity index (χ1) is 13.5. The van der Waals surface area contributed by atoms with E-state index in [-0.39, 0.29) is 11.9 Å². The minimum atomic E-state index is -0.296. The normalized spacial score (nSPS) is 12.2. The molecule has 1 N–H and O–H groups in total. The number of aromatic nitrogens is 1. The maximum Gasteiger partial charge on any atom is 0.146 e. The first kappa shape index (κ1) is 20.0. The lowest BCUT2D eigenvalue weighted by atomic mass is 10.1. The minimum Gasteiger partial charge on any atom is -0.488 e. The lowest BCUT2D eigenvalue weighted by Gasteiger charge is -2.18. The minimum absolute atomic E-state index is 0.284. The molecule has 0 unspecified atom stereocenters. The predicted molar refractivity (Wildman–Crippen MR) is 112 cm³/mol. The molecular formula is C24H27FN2O. The second-order valence-corrected chi connectivity index (χ2v) is 7.31. The summed E-state index contributed by atoms with van der Waals surface area (Å²) in [6.07, 6.45) is 0. The fourth-order valence-electron chi connectivity index (χ4n) is 2.79. The van der Waals surface area contributed by atoms with E-state index in [2.05, 4.69) is 31.1 Å². The number of hydrogen-bond donors (Lipinski definition) is 1. The van der Waals surface area contributed by atoms with Crippen molar-refractivity contribution in [1.29, 1.82) is 0 Å². The van der Waals surface area contributed by atoms with Crippen LogP contribution in [0.1, 0.15) is 32.0 Å². The SMILES string of the molecule is CC(C)[C@@H](C)NCc1nc(-c2ccccc2OCc2ccccc2)ccc1F. The topological polar surface area (TPSA) is 34.2 Å². The zero-order valence-corrected chi connectivity index (χ0v) is 16.7. The van der Waals surface area contributed by atoms with Gasteiger partial charge >= 0.3 is 0 Å². The number of nitrogens with zero attached hydrogens (tertiary/aromatic N) is 1. The molecule has 3 nitrogen and oxygen atoms in total. The van der Waals surface area contributed by atoms with Crippen LogP contribution in [0.15, 0.2) is 66.7 Å². The van der Waals surface area contributed by atoms with Gasteiger partial charge in [0.1, 0.15) is 18.2 Å². The van der Waals surface area contributed by atoms with Crippen molar-refractivity contribution in [3.63, 3.8) is 0 Å². The van der Waals surface area contributed by atoms with Crippen LogP contribution in [0.5, 0.6) is 5.75 Å². The van der Waals surface area contributed by atoms with Crippen molar-refractivity contribution in [2.24, 2.45) is 5.92 Å². The van der Waals surface area contributed by atoms with E-state index >= 15 is 0 Å². The van der Waals surface area contributed by atoms with Crippen LogP contribution in [0.2, 0.25) is 0 Å². The van der Waals surface area contributed by atoms with Crippen molar-refractivity contribution in [2.75, 3.05) is 0 Å². The Labute approximate surface area is 166 Å². The second kappa shape index (κ2) is 9.47. The van der Waals surface area contributed by atoms with Crippen molar-refractivity contribution in [3.05, 3.63) is 83.8 Å². The zero-order valence-electron chi connectivity index (χ0n) is 16.7. The van der Waals surface area contributed by atoms with E-state index in [1.54, 1.807) is 6.07 Å². The van der Waals surface area contributed by atoms with Crippen LogP contribution < -0.4 is 10.1 Å². The molecule has 0 spiro atoms. The molecule has 28 heavy (non-hydrogen) atoms. The number of hydrogen-bond acceptors (Lipinski definition) is 3. The molecule has 0 saturated carbocycles.